The first kappa shape index (κ1) is 21.6. The Balaban J connectivity index is 1.75. The maximum absolute atomic E-state index is 13.2. The third kappa shape index (κ3) is 3.86. The summed E-state index contributed by atoms with van der Waals surface area (Å²) < 4.78 is 41.5. The van der Waals surface area contributed by atoms with Gasteiger partial charge in [-0.2, -0.15) is 13.2 Å². The van der Waals surface area contributed by atoms with Gasteiger partial charge in [-0.05, 0) is 54.1 Å². The molecule has 0 saturated heterocycles. The minimum atomic E-state index is -4.46. The highest BCUT2D eigenvalue weighted by molar-refractivity contribution is 5.84. The molecule has 0 fully saturated rings. The number of fused-ring (bicyclic) bond motifs is 1. The average Bonchev–Trinajstić information content (AvgIpc) is 3.22. The van der Waals surface area contributed by atoms with Gasteiger partial charge >= 0.3 is 6.18 Å². The molecular weight excluding hydrogens is 443 g/mol. The largest absolute Gasteiger partial charge is 0.416 e. The summed E-state index contributed by atoms with van der Waals surface area (Å²) in [6.07, 6.45) is -2.88. The zero-order chi connectivity index (χ0) is 23.9. The summed E-state index contributed by atoms with van der Waals surface area (Å²) in [5.74, 6) is 0.773. The molecule has 9 heteroatoms. The smallest absolute Gasteiger partial charge is 0.392 e. The van der Waals surface area contributed by atoms with Gasteiger partial charge in [0.05, 0.1) is 23.4 Å². The highest BCUT2D eigenvalue weighted by Crippen LogP contribution is 2.34. The molecule has 0 unspecified atom stereocenters. The van der Waals surface area contributed by atoms with Crippen LogP contribution in [0.5, 0.6) is 0 Å². The van der Waals surface area contributed by atoms with Crippen LogP contribution in [-0.2, 0) is 12.8 Å². The fourth-order valence-electron chi connectivity index (χ4n) is 3.76. The first-order valence-corrected chi connectivity index (χ1v) is 10.3. The van der Waals surface area contributed by atoms with Gasteiger partial charge in [-0.25, -0.2) is 15.0 Å². The van der Waals surface area contributed by atoms with Crippen LogP contribution in [0.25, 0.3) is 39.5 Å². The Morgan fingerprint density at radius 3 is 2.41 bits per heavy atom. The number of pyridine rings is 2. The van der Waals surface area contributed by atoms with Crippen LogP contribution in [-0.4, -0.2) is 24.6 Å². The van der Waals surface area contributed by atoms with Gasteiger partial charge in [0, 0.05) is 17.4 Å². The van der Waals surface area contributed by atoms with E-state index in [2.05, 4.69) is 9.97 Å². The van der Waals surface area contributed by atoms with E-state index in [4.69, 9.17) is 10.7 Å². The maximum Gasteiger partial charge on any atom is 0.416 e. The van der Waals surface area contributed by atoms with Gasteiger partial charge in [-0.15, -0.1) is 0 Å². The minimum Gasteiger partial charge on any atom is -0.392 e. The van der Waals surface area contributed by atoms with Crippen LogP contribution in [0.3, 0.4) is 0 Å². The van der Waals surface area contributed by atoms with Crippen LogP contribution in [0.1, 0.15) is 11.1 Å². The summed E-state index contributed by atoms with van der Waals surface area (Å²) in [6.45, 7) is -0.106. The zero-order valence-electron chi connectivity index (χ0n) is 17.7. The van der Waals surface area contributed by atoms with E-state index < -0.39 is 11.7 Å². The standard InChI is InChI=1S/C25H18F3N5O/c26-25(27,28)17-4-1-3-16(13-17)20-10-11-21-24(31-20)33(18-8-6-15(14-34)7-9-18)23(32-21)19-5-2-12-30-22(19)29/h1-13,34H,14H2,(H2,29,30). The molecule has 3 N–H and O–H groups in total. The summed E-state index contributed by atoms with van der Waals surface area (Å²) in [4.78, 5) is 13.5. The number of hydrogen-bond acceptors (Lipinski definition) is 5. The Hall–Kier alpha value is -4.24. The first-order chi connectivity index (χ1) is 16.3. The Labute approximate surface area is 192 Å². The van der Waals surface area contributed by atoms with E-state index in [1.165, 1.54) is 6.07 Å². The molecule has 3 heterocycles. The van der Waals surface area contributed by atoms with Gasteiger partial charge < -0.3 is 10.8 Å². The molecule has 5 aromatic rings. The molecular formula is C25H18F3N5O. The molecule has 0 aliphatic rings. The molecule has 0 aliphatic carbocycles. The predicted octanol–water partition coefficient (Wildman–Crippen LogP) is 5.24. The molecule has 0 bridgehead atoms. The minimum absolute atomic E-state index is 0.106. The van der Waals surface area contributed by atoms with Crippen molar-refractivity contribution in [3.8, 4) is 28.3 Å². The van der Waals surface area contributed by atoms with Gasteiger partial charge in [0.2, 0.25) is 0 Å². The number of alkyl halides is 3. The molecule has 5 rings (SSSR count). The van der Waals surface area contributed by atoms with Crippen LogP contribution in [0.15, 0.2) is 79.0 Å². The number of nitrogens with zero attached hydrogens (tertiary/aromatic N) is 4. The number of aliphatic hydroxyl groups is 1. The number of anilines is 1. The zero-order valence-corrected chi connectivity index (χ0v) is 17.7. The summed E-state index contributed by atoms with van der Waals surface area (Å²) in [6, 6.07) is 19.1. The summed E-state index contributed by atoms with van der Waals surface area (Å²) in [5, 5.41) is 9.41. The Kier molecular flexibility index (Phi) is 5.25. The molecule has 0 atom stereocenters. The fraction of sp³-hybridized carbons (Fsp3) is 0.0800. The quantitative estimate of drug-likeness (QED) is 0.382. The predicted molar refractivity (Wildman–Crippen MR) is 123 cm³/mol. The third-order valence-corrected chi connectivity index (χ3v) is 5.45. The number of nitrogen functional groups attached to an aromatic ring is 1. The lowest BCUT2D eigenvalue weighted by Crippen LogP contribution is -2.05. The van der Waals surface area contributed by atoms with Crippen LogP contribution in [0.2, 0.25) is 0 Å². The van der Waals surface area contributed by atoms with Crippen molar-refractivity contribution in [1.29, 1.82) is 0 Å². The van der Waals surface area contributed by atoms with E-state index in [-0.39, 0.29) is 12.4 Å². The second-order valence-electron chi connectivity index (χ2n) is 7.65. The van der Waals surface area contributed by atoms with Crippen molar-refractivity contribution in [2.24, 2.45) is 0 Å². The number of hydrogen-bond donors (Lipinski definition) is 2. The number of rotatable bonds is 4. The van der Waals surface area contributed by atoms with Gasteiger partial charge in [0.25, 0.3) is 0 Å². The summed E-state index contributed by atoms with van der Waals surface area (Å²) >= 11 is 0. The number of aromatic nitrogens is 4. The van der Waals surface area contributed by atoms with Crippen molar-refractivity contribution in [1.82, 2.24) is 19.5 Å². The number of halogens is 3. The fourth-order valence-corrected chi connectivity index (χ4v) is 3.76. The SMILES string of the molecule is Nc1ncccc1-c1nc2ccc(-c3cccc(C(F)(F)F)c3)nc2n1-c1ccc(CO)cc1. The van der Waals surface area contributed by atoms with E-state index in [0.717, 1.165) is 17.7 Å². The van der Waals surface area contributed by atoms with E-state index in [9.17, 15) is 18.3 Å². The molecule has 0 spiro atoms. The van der Waals surface area contributed by atoms with Crippen molar-refractivity contribution < 1.29 is 18.3 Å². The van der Waals surface area contributed by atoms with Crippen molar-refractivity contribution in [2.75, 3.05) is 5.73 Å². The first-order valence-electron chi connectivity index (χ1n) is 10.3. The molecule has 0 aliphatic heterocycles. The normalized spacial score (nSPS) is 11.8. The molecule has 34 heavy (non-hydrogen) atoms. The topological polar surface area (TPSA) is 89.9 Å². The second kappa shape index (κ2) is 8.27. The van der Waals surface area contributed by atoms with E-state index in [0.29, 0.717) is 39.5 Å². The number of imidazole rings is 1. The highest BCUT2D eigenvalue weighted by Gasteiger charge is 2.30. The Morgan fingerprint density at radius 2 is 1.71 bits per heavy atom. The number of aliphatic hydroxyl groups excluding tert-OH is 1. The van der Waals surface area contributed by atoms with Crippen LogP contribution >= 0.6 is 0 Å². The van der Waals surface area contributed by atoms with Crippen molar-refractivity contribution in [3.63, 3.8) is 0 Å². The van der Waals surface area contributed by atoms with Crippen molar-refractivity contribution in [3.05, 3.63) is 90.1 Å². The van der Waals surface area contributed by atoms with Crippen molar-refractivity contribution in [2.45, 2.75) is 12.8 Å². The van der Waals surface area contributed by atoms with E-state index in [1.54, 1.807) is 65.4 Å². The third-order valence-electron chi connectivity index (χ3n) is 5.45. The molecule has 0 radical (unpaired) electrons. The van der Waals surface area contributed by atoms with Crippen LogP contribution in [0, 0.1) is 0 Å². The molecule has 2 aromatic carbocycles. The van der Waals surface area contributed by atoms with Gasteiger partial charge in [-0.1, -0.05) is 24.3 Å². The Morgan fingerprint density at radius 1 is 0.912 bits per heavy atom. The lowest BCUT2D eigenvalue weighted by Gasteiger charge is -2.11. The Bertz CT molecular complexity index is 1490. The van der Waals surface area contributed by atoms with Crippen LogP contribution < -0.4 is 5.73 Å². The lowest BCUT2D eigenvalue weighted by atomic mass is 10.1. The van der Waals surface area contributed by atoms with Gasteiger partial charge in [0.15, 0.2) is 11.5 Å². The van der Waals surface area contributed by atoms with E-state index >= 15 is 0 Å². The van der Waals surface area contributed by atoms with Gasteiger partial charge in [-0.3, -0.25) is 4.57 Å². The molecule has 0 amide bonds. The highest BCUT2D eigenvalue weighted by atomic mass is 19.4. The summed E-state index contributed by atoms with van der Waals surface area (Å²) in [5.41, 5.74) is 9.09. The van der Waals surface area contributed by atoms with Gasteiger partial charge in [0.1, 0.15) is 11.3 Å². The lowest BCUT2D eigenvalue weighted by molar-refractivity contribution is -0.137. The van der Waals surface area contributed by atoms with Crippen LogP contribution in [0.4, 0.5) is 19.0 Å². The summed E-state index contributed by atoms with van der Waals surface area (Å²) in [7, 11) is 0. The molecule has 170 valence electrons. The van der Waals surface area contributed by atoms with Crippen molar-refractivity contribution >= 4 is 17.0 Å². The average molecular weight is 461 g/mol. The monoisotopic (exact) mass is 461 g/mol. The van der Waals surface area contributed by atoms with E-state index in [1.807, 2.05) is 0 Å². The maximum atomic E-state index is 13.2. The number of nitrogens with two attached hydrogens (primary N) is 1. The molecule has 3 aromatic heterocycles. The molecule has 0 saturated carbocycles. The number of benzene rings is 2. The second-order valence-corrected chi connectivity index (χ2v) is 7.65. The molecule has 6 nitrogen and oxygen atoms in total.